The first-order valence-electron chi connectivity index (χ1n) is 11.7. The third-order valence-corrected chi connectivity index (χ3v) is 6.69. The summed E-state index contributed by atoms with van der Waals surface area (Å²) in [6.07, 6.45) is 3.76. The van der Waals surface area contributed by atoms with E-state index in [4.69, 9.17) is 13.9 Å². The van der Waals surface area contributed by atoms with Crippen LogP contribution in [-0.2, 0) is 35.5 Å². The van der Waals surface area contributed by atoms with Gasteiger partial charge in [-0.2, -0.15) is 0 Å². The summed E-state index contributed by atoms with van der Waals surface area (Å²) in [6.45, 7) is 4.97. The number of benzene rings is 2. The number of hydrogen-bond donors (Lipinski definition) is 0. The van der Waals surface area contributed by atoms with Gasteiger partial charge in [0.05, 0.1) is 5.56 Å². The standard InChI is InChI=1S/C27H29NO5/c1-17(2)24(27(30)31-15-18-8-4-3-5-9-18)28-14-22-23(32-16-28)13-12-20-19-10-6-7-11-21(19)26(29)33-25(20)22/h3-5,8-9,12-13,17,24H,6-7,10-11,14-16H2,1-2H3/t24-/m1/s1. The molecule has 2 aliphatic rings. The number of nitrogens with zero attached hydrogens (tertiary/aromatic N) is 1. The smallest absolute Gasteiger partial charge is 0.339 e. The van der Waals surface area contributed by atoms with Crippen molar-refractivity contribution in [2.24, 2.45) is 5.92 Å². The van der Waals surface area contributed by atoms with Crippen LogP contribution in [0.25, 0.3) is 11.0 Å². The predicted octanol–water partition coefficient (Wildman–Crippen LogP) is 4.59. The lowest BCUT2D eigenvalue weighted by molar-refractivity contribution is -0.155. The summed E-state index contributed by atoms with van der Waals surface area (Å²) >= 11 is 0. The summed E-state index contributed by atoms with van der Waals surface area (Å²) < 4.78 is 17.5. The van der Waals surface area contributed by atoms with Crippen molar-refractivity contribution in [3.8, 4) is 5.75 Å². The van der Waals surface area contributed by atoms with Gasteiger partial charge < -0.3 is 13.9 Å². The van der Waals surface area contributed by atoms with Crippen LogP contribution in [0.3, 0.4) is 0 Å². The zero-order chi connectivity index (χ0) is 22.9. The lowest BCUT2D eigenvalue weighted by atomic mass is 9.89. The van der Waals surface area contributed by atoms with Gasteiger partial charge in [-0.3, -0.25) is 9.69 Å². The van der Waals surface area contributed by atoms with Gasteiger partial charge in [-0.1, -0.05) is 44.2 Å². The maximum absolute atomic E-state index is 13.1. The van der Waals surface area contributed by atoms with Gasteiger partial charge >= 0.3 is 11.6 Å². The first-order chi connectivity index (χ1) is 16.0. The molecule has 0 amide bonds. The van der Waals surface area contributed by atoms with Crippen molar-refractivity contribution in [2.45, 2.75) is 58.7 Å². The summed E-state index contributed by atoms with van der Waals surface area (Å²) in [4.78, 5) is 27.8. The van der Waals surface area contributed by atoms with Crippen molar-refractivity contribution in [3.63, 3.8) is 0 Å². The van der Waals surface area contributed by atoms with E-state index in [2.05, 4.69) is 0 Å². The molecule has 0 radical (unpaired) electrons. The van der Waals surface area contributed by atoms with Crippen LogP contribution >= 0.6 is 0 Å². The highest BCUT2D eigenvalue weighted by molar-refractivity contribution is 5.86. The molecule has 2 aromatic carbocycles. The second-order valence-electron chi connectivity index (χ2n) is 9.28. The van der Waals surface area contributed by atoms with Gasteiger partial charge in [0.2, 0.25) is 0 Å². The van der Waals surface area contributed by atoms with Crippen molar-refractivity contribution in [1.82, 2.24) is 4.90 Å². The molecule has 6 nitrogen and oxygen atoms in total. The highest BCUT2D eigenvalue weighted by Crippen LogP contribution is 2.36. The Morgan fingerprint density at radius 1 is 1.03 bits per heavy atom. The molecule has 1 aliphatic carbocycles. The molecule has 0 unspecified atom stereocenters. The van der Waals surface area contributed by atoms with Crippen molar-refractivity contribution in [1.29, 1.82) is 0 Å². The van der Waals surface area contributed by atoms with Crippen LogP contribution in [0.15, 0.2) is 51.7 Å². The zero-order valence-electron chi connectivity index (χ0n) is 19.1. The summed E-state index contributed by atoms with van der Waals surface area (Å²) in [5.41, 5.74) is 4.03. The Hall–Kier alpha value is -3.12. The van der Waals surface area contributed by atoms with E-state index in [1.165, 1.54) is 0 Å². The van der Waals surface area contributed by atoms with E-state index in [-0.39, 0.29) is 30.9 Å². The fourth-order valence-corrected chi connectivity index (χ4v) is 5.07. The molecular formula is C27H29NO5. The SMILES string of the molecule is CC(C)[C@H](C(=O)OCc1ccccc1)N1COc2ccc3c4c(c(=O)oc3c2C1)CCCC4. The fraction of sp³-hybridized carbons (Fsp3) is 0.407. The van der Waals surface area contributed by atoms with Gasteiger partial charge in [-0.25, -0.2) is 4.79 Å². The molecule has 1 aliphatic heterocycles. The summed E-state index contributed by atoms with van der Waals surface area (Å²) in [7, 11) is 0. The Bertz CT molecular complexity index is 1230. The highest BCUT2D eigenvalue weighted by Gasteiger charge is 2.35. The van der Waals surface area contributed by atoms with Gasteiger partial charge in [0.25, 0.3) is 0 Å². The van der Waals surface area contributed by atoms with E-state index in [9.17, 15) is 9.59 Å². The molecule has 0 saturated carbocycles. The minimum absolute atomic E-state index is 0.0215. The molecule has 172 valence electrons. The molecule has 0 bridgehead atoms. The molecule has 0 saturated heterocycles. The number of ether oxygens (including phenoxy) is 2. The van der Waals surface area contributed by atoms with Crippen LogP contribution in [0.2, 0.25) is 0 Å². The minimum Gasteiger partial charge on any atom is -0.478 e. The second kappa shape index (κ2) is 9.02. The van der Waals surface area contributed by atoms with E-state index in [1.54, 1.807) is 0 Å². The van der Waals surface area contributed by atoms with Gasteiger partial charge in [0.15, 0.2) is 0 Å². The lowest BCUT2D eigenvalue weighted by Crippen LogP contribution is -2.48. The average Bonchev–Trinajstić information content (AvgIpc) is 2.83. The Kier molecular flexibility index (Phi) is 5.94. The number of esters is 1. The Morgan fingerprint density at radius 2 is 1.79 bits per heavy atom. The molecule has 6 heteroatoms. The Labute approximate surface area is 193 Å². The molecular weight excluding hydrogens is 418 g/mol. The quantitative estimate of drug-likeness (QED) is 0.421. The first-order valence-corrected chi connectivity index (χ1v) is 11.7. The molecule has 2 heterocycles. The van der Waals surface area contributed by atoms with Crippen LogP contribution in [0.1, 0.15) is 48.9 Å². The molecule has 0 fully saturated rings. The highest BCUT2D eigenvalue weighted by atomic mass is 16.5. The van der Waals surface area contributed by atoms with Crippen LogP contribution in [0.4, 0.5) is 0 Å². The summed E-state index contributed by atoms with van der Waals surface area (Å²) in [5, 5.41) is 0.987. The molecule has 33 heavy (non-hydrogen) atoms. The second-order valence-corrected chi connectivity index (χ2v) is 9.28. The first kappa shape index (κ1) is 21.7. The van der Waals surface area contributed by atoms with Crippen LogP contribution < -0.4 is 10.4 Å². The fourth-order valence-electron chi connectivity index (χ4n) is 5.07. The number of carbonyl (C=O) groups excluding carboxylic acids is 1. The number of aryl methyl sites for hydroxylation is 1. The van der Waals surface area contributed by atoms with Gasteiger partial charge in [0, 0.05) is 17.5 Å². The van der Waals surface area contributed by atoms with Crippen molar-refractivity contribution < 1.29 is 18.7 Å². The Balaban J connectivity index is 1.44. The van der Waals surface area contributed by atoms with E-state index in [1.807, 2.05) is 61.2 Å². The minimum atomic E-state index is -0.471. The number of fused-ring (bicyclic) bond motifs is 5. The predicted molar refractivity (Wildman–Crippen MR) is 125 cm³/mol. The van der Waals surface area contributed by atoms with Gasteiger partial charge in [0.1, 0.15) is 30.7 Å². The monoisotopic (exact) mass is 447 g/mol. The molecule has 1 atom stereocenters. The van der Waals surface area contributed by atoms with Crippen molar-refractivity contribution in [2.75, 3.05) is 6.73 Å². The molecule has 0 N–H and O–H groups in total. The maximum atomic E-state index is 13.1. The summed E-state index contributed by atoms with van der Waals surface area (Å²) in [6, 6.07) is 13.2. The third kappa shape index (κ3) is 4.15. The van der Waals surface area contributed by atoms with Crippen molar-refractivity contribution in [3.05, 3.63) is 75.1 Å². The number of carbonyl (C=O) groups is 1. The maximum Gasteiger partial charge on any atom is 0.339 e. The van der Waals surface area contributed by atoms with Gasteiger partial charge in [-0.05, 0) is 54.9 Å². The van der Waals surface area contributed by atoms with Crippen LogP contribution in [0, 0.1) is 5.92 Å². The topological polar surface area (TPSA) is 69.0 Å². The number of hydrogen-bond acceptors (Lipinski definition) is 6. The normalized spacial score (nSPS) is 16.7. The summed E-state index contributed by atoms with van der Waals surface area (Å²) in [5.74, 6) is 0.450. The third-order valence-electron chi connectivity index (χ3n) is 6.69. The molecule has 5 rings (SSSR count). The van der Waals surface area contributed by atoms with Gasteiger partial charge in [-0.15, -0.1) is 0 Å². The largest absolute Gasteiger partial charge is 0.478 e. The Morgan fingerprint density at radius 3 is 2.55 bits per heavy atom. The lowest BCUT2D eigenvalue weighted by Gasteiger charge is -2.36. The van der Waals surface area contributed by atoms with E-state index in [0.717, 1.165) is 53.3 Å². The van der Waals surface area contributed by atoms with E-state index >= 15 is 0 Å². The van der Waals surface area contributed by atoms with Crippen molar-refractivity contribution >= 4 is 16.9 Å². The van der Waals surface area contributed by atoms with E-state index < -0.39 is 6.04 Å². The molecule has 3 aromatic rings. The zero-order valence-corrected chi connectivity index (χ0v) is 19.1. The number of rotatable bonds is 5. The molecule has 0 spiro atoms. The average molecular weight is 448 g/mol. The van der Waals surface area contributed by atoms with Crippen LogP contribution in [0.5, 0.6) is 5.75 Å². The van der Waals surface area contributed by atoms with E-state index in [0.29, 0.717) is 17.9 Å². The molecule has 1 aromatic heterocycles. The van der Waals surface area contributed by atoms with Crippen LogP contribution in [-0.4, -0.2) is 23.6 Å².